The lowest BCUT2D eigenvalue weighted by molar-refractivity contribution is 0.0322. The van der Waals surface area contributed by atoms with Crippen LogP contribution < -0.4 is 5.32 Å². The van der Waals surface area contributed by atoms with Crippen molar-refractivity contribution < 1.29 is 9.26 Å². The Morgan fingerprint density at radius 3 is 2.70 bits per heavy atom. The highest BCUT2D eigenvalue weighted by atomic mass is 16.5. The van der Waals surface area contributed by atoms with E-state index in [0.29, 0.717) is 18.6 Å². The first-order valence-electron chi connectivity index (χ1n) is 8.06. The number of nitrogens with zero attached hydrogens (tertiary/aromatic N) is 2. The van der Waals surface area contributed by atoms with Crippen LogP contribution in [0.4, 0.5) is 0 Å². The van der Waals surface area contributed by atoms with Gasteiger partial charge in [-0.05, 0) is 38.8 Å². The highest BCUT2D eigenvalue weighted by Gasteiger charge is 2.21. The maximum Gasteiger partial charge on any atom is 0.228 e. The molecule has 2 heterocycles. The van der Waals surface area contributed by atoms with Crippen LogP contribution in [0.3, 0.4) is 0 Å². The van der Waals surface area contributed by atoms with Gasteiger partial charge in [0.1, 0.15) is 0 Å². The van der Waals surface area contributed by atoms with Crippen LogP contribution in [0.15, 0.2) is 4.52 Å². The van der Waals surface area contributed by atoms with Crippen molar-refractivity contribution in [2.75, 3.05) is 19.7 Å². The standard InChI is InChI=1S/C15H25N3O2/c1-2-4-12(5-3-1)15-17-14(20-18-15)8-11-19-13-6-9-16-10-7-13/h12-13,16H,1-11H2. The zero-order valence-corrected chi connectivity index (χ0v) is 12.1. The summed E-state index contributed by atoms with van der Waals surface area (Å²) in [5.41, 5.74) is 0. The fraction of sp³-hybridized carbons (Fsp3) is 0.867. The van der Waals surface area contributed by atoms with Crippen LogP contribution in [0.25, 0.3) is 0 Å². The molecule has 0 radical (unpaired) electrons. The van der Waals surface area contributed by atoms with E-state index in [-0.39, 0.29) is 0 Å². The van der Waals surface area contributed by atoms with E-state index in [9.17, 15) is 0 Å². The highest BCUT2D eigenvalue weighted by molar-refractivity contribution is 4.96. The van der Waals surface area contributed by atoms with Crippen LogP contribution in [-0.2, 0) is 11.2 Å². The zero-order valence-electron chi connectivity index (χ0n) is 12.1. The predicted octanol–water partition coefficient (Wildman–Crippen LogP) is 2.43. The number of aromatic nitrogens is 2. The first-order chi connectivity index (χ1) is 9.92. The Labute approximate surface area is 120 Å². The molecule has 2 aliphatic rings. The van der Waals surface area contributed by atoms with Crippen LogP contribution in [0.5, 0.6) is 0 Å². The molecule has 1 aliphatic heterocycles. The van der Waals surface area contributed by atoms with Crippen LogP contribution in [0.2, 0.25) is 0 Å². The molecule has 20 heavy (non-hydrogen) atoms. The van der Waals surface area contributed by atoms with Gasteiger partial charge in [0.15, 0.2) is 5.82 Å². The van der Waals surface area contributed by atoms with E-state index in [2.05, 4.69) is 15.5 Å². The third kappa shape index (κ3) is 3.79. The lowest BCUT2D eigenvalue weighted by Gasteiger charge is -2.22. The normalized spacial score (nSPS) is 22.2. The number of nitrogens with one attached hydrogen (secondary N) is 1. The molecule has 1 aromatic rings. The second kappa shape index (κ2) is 7.18. The summed E-state index contributed by atoms with van der Waals surface area (Å²) < 4.78 is 11.2. The van der Waals surface area contributed by atoms with Gasteiger partial charge in [-0.15, -0.1) is 0 Å². The van der Waals surface area contributed by atoms with Gasteiger partial charge in [-0.2, -0.15) is 4.98 Å². The maximum absolute atomic E-state index is 5.87. The molecule has 1 saturated carbocycles. The molecule has 3 rings (SSSR count). The summed E-state index contributed by atoms with van der Waals surface area (Å²) in [7, 11) is 0. The molecule has 5 nitrogen and oxygen atoms in total. The van der Waals surface area contributed by atoms with E-state index in [0.717, 1.165) is 44.1 Å². The Bertz CT molecular complexity index is 396. The smallest absolute Gasteiger partial charge is 0.228 e. The van der Waals surface area contributed by atoms with E-state index in [1.807, 2.05) is 0 Å². The lowest BCUT2D eigenvalue weighted by Crippen LogP contribution is -2.32. The second-order valence-electron chi connectivity index (χ2n) is 5.95. The van der Waals surface area contributed by atoms with Crippen molar-refractivity contribution in [3.8, 4) is 0 Å². The summed E-state index contributed by atoms with van der Waals surface area (Å²) >= 11 is 0. The number of piperidine rings is 1. The molecule has 1 saturated heterocycles. The molecule has 5 heteroatoms. The van der Waals surface area contributed by atoms with Crippen molar-refractivity contribution >= 4 is 0 Å². The third-order valence-electron chi connectivity index (χ3n) is 4.41. The van der Waals surface area contributed by atoms with Gasteiger partial charge in [0, 0.05) is 5.92 Å². The molecule has 0 aromatic carbocycles. The van der Waals surface area contributed by atoms with Crippen LogP contribution in [0, 0.1) is 0 Å². The quantitative estimate of drug-likeness (QED) is 0.897. The van der Waals surface area contributed by atoms with Crippen LogP contribution in [0.1, 0.15) is 62.6 Å². The Hall–Kier alpha value is -0.940. The van der Waals surface area contributed by atoms with E-state index < -0.39 is 0 Å². The summed E-state index contributed by atoms with van der Waals surface area (Å²) in [5, 5.41) is 7.50. The van der Waals surface area contributed by atoms with Gasteiger partial charge in [0.05, 0.1) is 19.1 Å². The second-order valence-corrected chi connectivity index (χ2v) is 5.95. The summed E-state index contributed by atoms with van der Waals surface area (Å²) in [6.45, 7) is 2.82. The van der Waals surface area contributed by atoms with E-state index in [4.69, 9.17) is 9.26 Å². The molecule has 1 aromatic heterocycles. The number of hydrogen-bond acceptors (Lipinski definition) is 5. The Morgan fingerprint density at radius 2 is 1.90 bits per heavy atom. The molecule has 1 N–H and O–H groups in total. The summed E-state index contributed by atoms with van der Waals surface area (Å²) in [4.78, 5) is 4.55. The average Bonchev–Trinajstić information content (AvgIpc) is 2.98. The van der Waals surface area contributed by atoms with Gasteiger partial charge in [0.2, 0.25) is 5.89 Å². The van der Waals surface area contributed by atoms with Crippen LogP contribution >= 0.6 is 0 Å². The van der Waals surface area contributed by atoms with E-state index in [1.54, 1.807) is 0 Å². The largest absolute Gasteiger partial charge is 0.378 e. The molecule has 0 atom stereocenters. The Balaban J connectivity index is 1.42. The SMILES string of the molecule is C1CCC(c2noc(CCOC3CCNCC3)n2)CC1. The summed E-state index contributed by atoms with van der Waals surface area (Å²) in [5.74, 6) is 2.17. The van der Waals surface area contributed by atoms with Crippen molar-refractivity contribution in [1.82, 2.24) is 15.5 Å². The zero-order chi connectivity index (χ0) is 13.6. The fourth-order valence-corrected chi connectivity index (χ4v) is 3.17. The minimum Gasteiger partial charge on any atom is -0.378 e. The Kier molecular flexibility index (Phi) is 5.03. The van der Waals surface area contributed by atoms with Gasteiger partial charge in [-0.3, -0.25) is 0 Å². The lowest BCUT2D eigenvalue weighted by atomic mass is 9.89. The molecule has 0 bridgehead atoms. The number of hydrogen-bond donors (Lipinski definition) is 1. The van der Waals surface area contributed by atoms with E-state index >= 15 is 0 Å². The first kappa shape index (κ1) is 14.0. The Morgan fingerprint density at radius 1 is 1.10 bits per heavy atom. The number of ether oxygens (including phenoxy) is 1. The van der Waals surface area contributed by atoms with Crippen LogP contribution in [-0.4, -0.2) is 35.9 Å². The van der Waals surface area contributed by atoms with Crippen molar-refractivity contribution in [2.24, 2.45) is 0 Å². The molecule has 0 unspecified atom stereocenters. The summed E-state index contributed by atoms with van der Waals surface area (Å²) in [6.07, 6.45) is 9.73. The molecule has 0 amide bonds. The molecule has 2 fully saturated rings. The van der Waals surface area contributed by atoms with Gasteiger partial charge >= 0.3 is 0 Å². The van der Waals surface area contributed by atoms with E-state index in [1.165, 1.54) is 32.1 Å². The minimum atomic E-state index is 0.400. The molecule has 1 aliphatic carbocycles. The average molecular weight is 279 g/mol. The van der Waals surface area contributed by atoms with Gasteiger partial charge < -0.3 is 14.6 Å². The maximum atomic E-state index is 5.87. The van der Waals surface area contributed by atoms with Crippen molar-refractivity contribution in [2.45, 2.75) is 63.4 Å². The highest BCUT2D eigenvalue weighted by Crippen LogP contribution is 2.30. The van der Waals surface area contributed by atoms with Gasteiger partial charge in [-0.25, -0.2) is 0 Å². The van der Waals surface area contributed by atoms with Gasteiger partial charge in [0.25, 0.3) is 0 Å². The molecular weight excluding hydrogens is 254 g/mol. The monoisotopic (exact) mass is 279 g/mol. The first-order valence-corrected chi connectivity index (χ1v) is 8.06. The third-order valence-corrected chi connectivity index (χ3v) is 4.41. The molecule has 112 valence electrons. The van der Waals surface area contributed by atoms with Crippen molar-refractivity contribution in [3.05, 3.63) is 11.7 Å². The van der Waals surface area contributed by atoms with Crippen molar-refractivity contribution in [1.29, 1.82) is 0 Å². The van der Waals surface area contributed by atoms with Crippen molar-refractivity contribution in [3.63, 3.8) is 0 Å². The summed E-state index contributed by atoms with van der Waals surface area (Å²) in [6, 6.07) is 0. The topological polar surface area (TPSA) is 60.2 Å². The minimum absolute atomic E-state index is 0.400. The molecular formula is C15H25N3O2. The predicted molar refractivity (Wildman–Crippen MR) is 75.7 cm³/mol. The van der Waals surface area contributed by atoms with Gasteiger partial charge in [-0.1, -0.05) is 24.4 Å². The fourth-order valence-electron chi connectivity index (χ4n) is 3.17. The molecule has 0 spiro atoms. The number of rotatable bonds is 5.